The Bertz CT molecular complexity index is 466. The summed E-state index contributed by atoms with van der Waals surface area (Å²) in [7, 11) is 0. The maximum atomic E-state index is 10.8. The van der Waals surface area contributed by atoms with Crippen molar-refractivity contribution in [1.82, 2.24) is 0 Å². The van der Waals surface area contributed by atoms with Gasteiger partial charge in [0.2, 0.25) is 0 Å². The summed E-state index contributed by atoms with van der Waals surface area (Å²) in [6, 6.07) is 3.83. The number of halogens is 1. The fourth-order valence-corrected chi connectivity index (χ4v) is 2.43. The summed E-state index contributed by atoms with van der Waals surface area (Å²) in [5.74, 6) is -0.0515. The van der Waals surface area contributed by atoms with E-state index in [2.05, 4.69) is 0 Å². The second-order valence-corrected chi connectivity index (χ2v) is 5.41. The smallest absolute Gasteiger partial charge is 0.304 e. The van der Waals surface area contributed by atoms with Gasteiger partial charge < -0.3 is 9.84 Å². The molecule has 92 valence electrons. The minimum absolute atomic E-state index is 0.0863. The molecule has 0 amide bonds. The van der Waals surface area contributed by atoms with E-state index >= 15 is 0 Å². The first-order valence-corrected chi connectivity index (χ1v) is 5.95. The third-order valence-electron chi connectivity index (χ3n) is 3.11. The van der Waals surface area contributed by atoms with Gasteiger partial charge in [0.05, 0.1) is 18.1 Å². The van der Waals surface area contributed by atoms with Crippen LogP contribution in [0.4, 0.5) is 0 Å². The number of carboxylic acids is 1. The molecular formula is C13H15ClO3. The highest BCUT2D eigenvalue weighted by molar-refractivity contribution is 6.32. The molecule has 17 heavy (non-hydrogen) atoms. The summed E-state index contributed by atoms with van der Waals surface area (Å²) in [6.45, 7) is 4.47. The molecule has 1 aliphatic heterocycles. The maximum Gasteiger partial charge on any atom is 0.304 e. The first-order valence-electron chi connectivity index (χ1n) is 5.57. The number of fused-ring (bicyclic) bond motifs is 1. The monoisotopic (exact) mass is 254 g/mol. The highest BCUT2D eigenvalue weighted by Gasteiger charge is 2.27. The Morgan fingerprint density at radius 3 is 2.88 bits per heavy atom. The number of aliphatic carboxylic acids is 1. The molecule has 0 bridgehead atoms. The van der Waals surface area contributed by atoms with Gasteiger partial charge in [-0.1, -0.05) is 31.5 Å². The number of hydrogen-bond donors (Lipinski definition) is 1. The summed E-state index contributed by atoms with van der Waals surface area (Å²) in [5.41, 5.74) is 1.60. The normalized spacial score (nSPS) is 14.3. The fourth-order valence-electron chi connectivity index (χ4n) is 2.13. The number of ether oxygens (including phenoxy) is 1. The summed E-state index contributed by atoms with van der Waals surface area (Å²) in [6.07, 6.45) is 0.926. The molecule has 1 N–H and O–H groups in total. The molecule has 0 saturated carbocycles. The predicted octanol–water partition coefficient (Wildman–Crippen LogP) is 3.03. The van der Waals surface area contributed by atoms with Crippen LogP contribution in [0.25, 0.3) is 0 Å². The van der Waals surface area contributed by atoms with Gasteiger partial charge in [-0.15, -0.1) is 0 Å². The Balaban J connectivity index is 2.40. The molecule has 0 saturated heterocycles. The molecule has 0 atom stereocenters. The molecule has 1 aromatic carbocycles. The van der Waals surface area contributed by atoms with Crippen molar-refractivity contribution in [3.05, 3.63) is 28.3 Å². The van der Waals surface area contributed by atoms with Gasteiger partial charge in [0.25, 0.3) is 0 Å². The van der Waals surface area contributed by atoms with Gasteiger partial charge in [-0.05, 0) is 17.2 Å². The Morgan fingerprint density at radius 1 is 1.53 bits per heavy atom. The topological polar surface area (TPSA) is 46.5 Å². The second-order valence-electron chi connectivity index (χ2n) is 5.00. The van der Waals surface area contributed by atoms with E-state index in [0.717, 1.165) is 23.3 Å². The van der Waals surface area contributed by atoms with Crippen molar-refractivity contribution in [1.29, 1.82) is 0 Å². The molecular weight excluding hydrogens is 240 g/mol. The van der Waals surface area contributed by atoms with Crippen LogP contribution in [0.5, 0.6) is 5.75 Å². The highest BCUT2D eigenvalue weighted by atomic mass is 35.5. The second kappa shape index (κ2) is 4.22. The van der Waals surface area contributed by atoms with E-state index < -0.39 is 11.4 Å². The van der Waals surface area contributed by atoms with Crippen LogP contribution < -0.4 is 4.74 Å². The molecule has 4 heteroatoms. The summed E-state index contributed by atoms with van der Waals surface area (Å²) < 4.78 is 5.43. The zero-order valence-electron chi connectivity index (χ0n) is 9.92. The number of carbonyl (C=O) groups is 1. The van der Waals surface area contributed by atoms with Crippen LogP contribution in [0, 0.1) is 0 Å². The van der Waals surface area contributed by atoms with Gasteiger partial charge >= 0.3 is 5.97 Å². The summed E-state index contributed by atoms with van der Waals surface area (Å²) >= 11 is 6.14. The Labute approximate surface area is 105 Å². The predicted molar refractivity (Wildman–Crippen MR) is 65.9 cm³/mol. The molecule has 0 aliphatic carbocycles. The summed E-state index contributed by atoms with van der Waals surface area (Å²) in [4.78, 5) is 10.8. The quantitative estimate of drug-likeness (QED) is 0.902. The molecule has 0 unspecified atom stereocenters. The number of carboxylic acid groups (broad SMARTS) is 1. The zero-order chi connectivity index (χ0) is 12.6. The first-order chi connectivity index (χ1) is 7.90. The van der Waals surface area contributed by atoms with Crippen LogP contribution in [0.15, 0.2) is 12.1 Å². The van der Waals surface area contributed by atoms with Gasteiger partial charge in [-0.25, -0.2) is 0 Å². The average molecular weight is 255 g/mol. The van der Waals surface area contributed by atoms with E-state index in [-0.39, 0.29) is 6.42 Å². The van der Waals surface area contributed by atoms with Crippen LogP contribution in [0.1, 0.15) is 31.4 Å². The van der Waals surface area contributed by atoms with Gasteiger partial charge in [0.15, 0.2) is 0 Å². The SMILES string of the molecule is CC(C)(CC(=O)O)c1cc(Cl)c2c(c1)CCO2. The van der Waals surface area contributed by atoms with Crippen molar-refractivity contribution >= 4 is 17.6 Å². The van der Waals surface area contributed by atoms with E-state index in [9.17, 15) is 4.79 Å². The molecule has 0 fully saturated rings. The third-order valence-corrected chi connectivity index (χ3v) is 3.39. The Hall–Kier alpha value is -1.22. The van der Waals surface area contributed by atoms with Crippen molar-refractivity contribution in [2.24, 2.45) is 0 Å². The molecule has 3 nitrogen and oxygen atoms in total. The van der Waals surface area contributed by atoms with Crippen LogP contribution in [-0.4, -0.2) is 17.7 Å². The minimum atomic E-state index is -0.803. The lowest BCUT2D eigenvalue weighted by Gasteiger charge is -2.24. The number of hydrogen-bond acceptors (Lipinski definition) is 2. The zero-order valence-corrected chi connectivity index (χ0v) is 10.7. The van der Waals surface area contributed by atoms with Gasteiger partial charge in [0, 0.05) is 11.8 Å². The Morgan fingerprint density at radius 2 is 2.24 bits per heavy atom. The third kappa shape index (κ3) is 2.39. The lowest BCUT2D eigenvalue weighted by molar-refractivity contribution is -0.138. The van der Waals surface area contributed by atoms with Gasteiger partial charge in [-0.2, -0.15) is 0 Å². The van der Waals surface area contributed by atoms with E-state index in [1.54, 1.807) is 0 Å². The van der Waals surface area contributed by atoms with E-state index in [1.165, 1.54) is 0 Å². The van der Waals surface area contributed by atoms with Crippen molar-refractivity contribution < 1.29 is 14.6 Å². The molecule has 2 rings (SSSR count). The maximum absolute atomic E-state index is 10.8. The lowest BCUT2D eigenvalue weighted by Crippen LogP contribution is -2.21. The average Bonchev–Trinajstić information content (AvgIpc) is 2.63. The molecule has 1 aliphatic rings. The van der Waals surface area contributed by atoms with Crippen LogP contribution in [-0.2, 0) is 16.6 Å². The van der Waals surface area contributed by atoms with Crippen molar-refractivity contribution in [2.45, 2.75) is 32.1 Å². The van der Waals surface area contributed by atoms with Crippen molar-refractivity contribution in [3.8, 4) is 5.75 Å². The molecule has 0 aromatic heterocycles. The van der Waals surface area contributed by atoms with Gasteiger partial charge in [0.1, 0.15) is 5.75 Å². The molecule has 1 heterocycles. The minimum Gasteiger partial charge on any atom is -0.491 e. The molecule has 1 aromatic rings. The first kappa shape index (κ1) is 12.2. The van der Waals surface area contributed by atoms with Crippen LogP contribution in [0.2, 0.25) is 5.02 Å². The van der Waals surface area contributed by atoms with E-state index in [4.69, 9.17) is 21.4 Å². The summed E-state index contributed by atoms with van der Waals surface area (Å²) in [5, 5.41) is 9.49. The molecule has 0 radical (unpaired) electrons. The van der Waals surface area contributed by atoms with E-state index in [0.29, 0.717) is 11.6 Å². The lowest BCUT2D eigenvalue weighted by atomic mass is 9.81. The van der Waals surface area contributed by atoms with Crippen molar-refractivity contribution in [3.63, 3.8) is 0 Å². The fraction of sp³-hybridized carbons (Fsp3) is 0.462. The Kier molecular flexibility index (Phi) is 3.04. The van der Waals surface area contributed by atoms with E-state index in [1.807, 2.05) is 26.0 Å². The molecule has 0 spiro atoms. The standard InChI is InChI=1S/C13H15ClO3/c1-13(2,7-11(15)16)9-5-8-3-4-17-12(8)10(14)6-9/h5-6H,3-4,7H2,1-2H3,(H,15,16). The van der Waals surface area contributed by atoms with Crippen LogP contribution >= 0.6 is 11.6 Å². The van der Waals surface area contributed by atoms with Crippen molar-refractivity contribution in [2.75, 3.05) is 6.61 Å². The van der Waals surface area contributed by atoms with Gasteiger partial charge in [-0.3, -0.25) is 4.79 Å². The number of benzene rings is 1. The number of rotatable bonds is 3. The largest absolute Gasteiger partial charge is 0.491 e. The highest BCUT2D eigenvalue weighted by Crippen LogP contribution is 2.38. The van der Waals surface area contributed by atoms with Crippen LogP contribution in [0.3, 0.4) is 0 Å².